The van der Waals surface area contributed by atoms with Crippen LogP contribution in [0.3, 0.4) is 0 Å². The first kappa shape index (κ1) is 20.4. The van der Waals surface area contributed by atoms with Crippen LogP contribution in [0.5, 0.6) is 0 Å². The molecule has 1 fully saturated rings. The second kappa shape index (κ2) is 10.3. The zero-order valence-electron chi connectivity index (χ0n) is 14.8. The Hall–Kier alpha value is -0.950. The number of amides is 2. The molecule has 0 spiro atoms. The molecule has 140 valence electrons. The molecule has 1 aliphatic rings. The number of nitrogens with one attached hydrogen (secondary N) is 1. The molecule has 1 saturated heterocycles. The van der Waals surface area contributed by atoms with Crippen molar-refractivity contribution in [1.82, 2.24) is 10.2 Å². The molecule has 2 N–H and O–H groups in total. The zero-order chi connectivity index (χ0) is 18.2. The van der Waals surface area contributed by atoms with Gasteiger partial charge in [-0.2, -0.15) is 11.8 Å². The fourth-order valence-corrected chi connectivity index (χ4v) is 3.70. The van der Waals surface area contributed by atoms with Gasteiger partial charge in [-0.05, 0) is 43.7 Å². The number of thioether (sulfide) groups is 1. The summed E-state index contributed by atoms with van der Waals surface area (Å²) >= 11 is 7.70. The molecule has 0 saturated carbocycles. The summed E-state index contributed by atoms with van der Waals surface area (Å²) in [5.74, 6) is 1.92. The first-order valence-corrected chi connectivity index (χ1v) is 10.2. The largest absolute Gasteiger partial charge is 0.388 e. The molecule has 1 heterocycles. The lowest BCUT2D eigenvalue weighted by molar-refractivity contribution is -0.0393. The van der Waals surface area contributed by atoms with Gasteiger partial charge in [0.25, 0.3) is 0 Å². The second-order valence-corrected chi connectivity index (χ2v) is 8.00. The summed E-state index contributed by atoms with van der Waals surface area (Å²) in [7, 11) is 0. The maximum atomic E-state index is 12.1. The molecular weight excluding hydrogens is 360 g/mol. The lowest BCUT2D eigenvalue weighted by Gasteiger charge is -2.18. The van der Waals surface area contributed by atoms with E-state index in [0.717, 1.165) is 22.9 Å². The highest BCUT2D eigenvalue weighted by molar-refractivity contribution is 7.98. The average Bonchev–Trinajstić information content (AvgIpc) is 2.92. The van der Waals surface area contributed by atoms with Crippen molar-refractivity contribution in [1.29, 1.82) is 0 Å². The Bertz CT molecular complexity index is 542. The Morgan fingerprint density at radius 2 is 2.12 bits per heavy atom. The number of rotatable bonds is 8. The molecule has 2 amide bonds. The number of likely N-dealkylation sites (tertiary alicyclic amines) is 1. The SMILES string of the molecule is CC(C)O[C@H]1CN(C(=O)NCCCSCc2ccc(Cl)cc2)C[C@@H]1O. The fourth-order valence-electron chi connectivity index (χ4n) is 2.66. The number of aliphatic hydroxyl groups excluding tert-OH is 1. The molecule has 0 radical (unpaired) electrons. The number of benzene rings is 1. The van der Waals surface area contributed by atoms with Crippen molar-refractivity contribution in [3.63, 3.8) is 0 Å². The van der Waals surface area contributed by atoms with Crippen molar-refractivity contribution < 1.29 is 14.6 Å². The Morgan fingerprint density at radius 1 is 1.40 bits per heavy atom. The van der Waals surface area contributed by atoms with Gasteiger partial charge in [-0.15, -0.1) is 0 Å². The van der Waals surface area contributed by atoms with Crippen LogP contribution in [0.4, 0.5) is 4.79 Å². The molecule has 0 bridgehead atoms. The minimum absolute atomic E-state index is 0.0420. The average molecular weight is 387 g/mol. The number of carbonyl (C=O) groups is 1. The first-order valence-electron chi connectivity index (χ1n) is 8.64. The van der Waals surface area contributed by atoms with Gasteiger partial charge in [0.1, 0.15) is 6.10 Å². The molecule has 25 heavy (non-hydrogen) atoms. The smallest absolute Gasteiger partial charge is 0.317 e. The van der Waals surface area contributed by atoms with Crippen LogP contribution in [0.2, 0.25) is 5.02 Å². The van der Waals surface area contributed by atoms with Gasteiger partial charge in [-0.25, -0.2) is 4.79 Å². The third-order valence-corrected chi connectivity index (χ3v) is 5.26. The molecule has 2 rings (SSSR count). The van der Waals surface area contributed by atoms with Crippen molar-refractivity contribution in [2.75, 3.05) is 25.4 Å². The van der Waals surface area contributed by atoms with Gasteiger partial charge in [-0.1, -0.05) is 23.7 Å². The summed E-state index contributed by atoms with van der Waals surface area (Å²) in [6.45, 7) is 5.26. The van der Waals surface area contributed by atoms with Crippen molar-refractivity contribution in [3.05, 3.63) is 34.9 Å². The number of nitrogens with zero attached hydrogens (tertiary/aromatic N) is 1. The predicted octanol–water partition coefficient (Wildman–Crippen LogP) is 3.14. The molecule has 0 unspecified atom stereocenters. The molecule has 1 aromatic rings. The molecular formula is C18H27ClN2O3S. The van der Waals surface area contributed by atoms with E-state index in [4.69, 9.17) is 16.3 Å². The molecule has 2 atom stereocenters. The Balaban J connectivity index is 1.57. The number of hydrogen-bond donors (Lipinski definition) is 2. The van der Waals surface area contributed by atoms with Crippen molar-refractivity contribution >= 4 is 29.4 Å². The van der Waals surface area contributed by atoms with E-state index in [0.29, 0.717) is 19.6 Å². The van der Waals surface area contributed by atoms with E-state index in [9.17, 15) is 9.90 Å². The van der Waals surface area contributed by atoms with Crippen LogP contribution in [-0.2, 0) is 10.5 Å². The van der Waals surface area contributed by atoms with Gasteiger partial charge in [-0.3, -0.25) is 0 Å². The van der Waals surface area contributed by atoms with Gasteiger partial charge in [0.05, 0.1) is 25.3 Å². The number of halogens is 1. The molecule has 0 aliphatic carbocycles. The molecule has 1 aliphatic heterocycles. The fraction of sp³-hybridized carbons (Fsp3) is 0.611. The van der Waals surface area contributed by atoms with Gasteiger partial charge >= 0.3 is 6.03 Å². The highest BCUT2D eigenvalue weighted by atomic mass is 35.5. The van der Waals surface area contributed by atoms with Crippen LogP contribution in [-0.4, -0.2) is 59.7 Å². The van der Waals surface area contributed by atoms with Crippen LogP contribution in [0.1, 0.15) is 25.8 Å². The van der Waals surface area contributed by atoms with E-state index in [1.807, 2.05) is 49.9 Å². The minimum atomic E-state index is -0.608. The topological polar surface area (TPSA) is 61.8 Å². The van der Waals surface area contributed by atoms with Crippen LogP contribution < -0.4 is 5.32 Å². The van der Waals surface area contributed by atoms with Gasteiger partial charge in [0, 0.05) is 17.3 Å². The van der Waals surface area contributed by atoms with E-state index in [2.05, 4.69) is 5.32 Å². The third kappa shape index (κ3) is 7.05. The normalized spacial score (nSPS) is 20.3. The standard InChI is InChI=1S/C18H27ClN2O3S/c1-13(2)24-17-11-21(10-16(17)22)18(23)20-8-3-9-25-12-14-4-6-15(19)7-5-14/h4-7,13,16-17,22H,3,8-12H2,1-2H3,(H,20,23)/t16-,17-/m0/s1. The second-order valence-electron chi connectivity index (χ2n) is 6.46. The Labute approximate surface area is 159 Å². The van der Waals surface area contributed by atoms with Crippen molar-refractivity contribution in [2.45, 2.75) is 44.3 Å². The van der Waals surface area contributed by atoms with Gasteiger partial charge < -0.3 is 20.1 Å². The number of urea groups is 1. The summed E-state index contributed by atoms with van der Waals surface area (Å²) in [5, 5.41) is 13.6. The van der Waals surface area contributed by atoms with Crippen LogP contribution >= 0.6 is 23.4 Å². The highest BCUT2D eigenvalue weighted by Crippen LogP contribution is 2.17. The third-order valence-electron chi connectivity index (χ3n) is 3.89. The molecule has 0 aromatic heterocycles. The first-order chi connectivity index (χ1) is 12.0. The molecule has 7 heteroatoms. The number of hydrogen-bond acceptors (Lipinski definition) is 4. The van der Waals surface area contributed by atoms with Gasteiger partial charge in [0.2, 0.25) is 0 Å². The number of ether oxygens (including phenoxy) is 1. The Morgan fingerprint density at radius 3 is 2.80 bits per heavy atom. The lowest BCUT2D eigenvalue weighted by atomic mass is 10.2. The zero-order valence-corrected chi connectivity index (χ0v) is 16.4. The van der Waals surface area contributed by atoms with E-state index in [1.165, 1.54) is 5.56 Å². The van der Waals surface area contributed by atoms with E-state index in [-0.39, 0.29) is 18.2 Å². The lowest BCUT2D eigenvalue weighted by Crippen LogP contribution is -2.39. The predicted molar refractivity (Wildman–Crippen MR) is 103 cm³/mol. The van der Waals surface area contributed by atoms with E-state index >= 15 is 0 Å². The van der Waals surface area contributed by atoms with E-state index < -0.39 is 6.10 Å². The molecule has 1 aromatic carbocycles. The summed E-state index contributed by atoms with van der Waals surface area (Å²) in [4.78, 5) is 13.8. The highest BCUT2D eigenvalue weighted by Gasteiger charge is 2.35. The molecule has 5 nitrogen and oxygen atoms in total. The number of aliphatic hydroxyl groups is 1. The minimum Gasteiger partial charge on any atom is -0.388 e. The summed E-state index contributed by atoms with van der Waals surface area (Å²) in [6.07, 6.45) is 0.0517. The number of carbonyl (C=O) groups excluding carboxylic acids is 1. The summed E-state index contributed by atoms with van der Waals surface area (Å²) in [6, 6.07) is 7.74. The maximum absolute atomic E-state index is 12.1. The summed E-state index contributed by atoms with van der Waals surface area (Å²) in [5.41, 5.74) is 1.25. The quantitative estimate of drug-likeness (QED) is 0.674. The monoisotopic (exact) mass is 386 g/mol. The van der Waals surface area contributed by atoms with Crippen LogP contribution in [0, 0.1) is 0 Å². The summed E-state index contributed by atoms with van der Waals surface area (Å²) < 4.78 is 5.63. The van der Waals surface area contributed by atoms with Crippen molar-refractivity contribution in [2.24, 2.45) is 0 Å². The van der Waals surface area contributed by atoms with Crippen LogP contribution in [0.25, 0.3) is 0 Å². The Kier molecular flexibility index (Phi) is 8.36. The number of β-amino-alcohol motifs (C(OH)–C–C–N with tert-alkyl or cyclic N) is 1. The van der Waals surface area contributed by atoms with Crippen LogP contribution in [0.15, 0.2) is 24.3 Å². The maximum Gasteiger partial charge on any atom is 0.317 e. The van der Waals surface area contributed by atoms with Crippen molar-refractivity contribution in [3.8, 4) is 0 Å². The van der Waals surface area contributed by atoms with Gasteiger partial charge in [0.15, 0.2) is 0 Å². The van der Waals surface area contributed by atoms with E-state index in [1.54, 1.807) is 4.90 Å².